The molecular weight excluding hydrogens is 270 g/mol. The third kappa shape index (κ3) is 3.35. The summed E-state index contributed by atoms with van der Waals surface area (Å²) in [7, 11) is 0. The molecule has 0 radical (unpaired) electrons. The Kier molecular flexibility index (Phi) is 4.73. The molecule has 3 N–H and O–H groups in total. The molecule has 20 heavy (non-hydrogen) atoms. The average Bonchev–Trinajstić information content (AvgIpc) is 2.84. The van der Waals surface area contributed by atoms with Crippen molar-refractivity contribution in [2.24, 2.45) is 11.7 Å². The number of nitrogens with zero attached hydrogens (tertiary/aromatic N) is 1. The van der Waals surface area contributed by atoms with E-state index in [1.54, 1.807) is 0 Å². The van der Waals surface area contributed by atoms with E-state index in [4.69, 9.17) is 18.0 Å². The van der Waals surface area contributed by atoms with Gasteiger partial charge in [0.25, 0.3) is 0 Å². The fourth-order valence-electron chi connectivity index (χ4n) is 2.53. The van der Waals surface area contributed by atoms with Crippen molar-refractivity contribution in [2.45, 2.75) is 26.3 Å². The Morgan fingerprint density at radius 3 is 2.80 bits per heavy atom. The molecular formula is C15H21N3OS. The molecule has 1 saturated heterocycles. The van der Waals surface area contributed by atoms with E-state index >= 15 is 0 Å². The van der Waals surface area contributed by atoms with E-state index < -0.39 is 0 Å². The van der Waals surface area contributed by atoms with E-state index in [0.29, 0.717) is 22.2 Å². The molecule has 1 aliphatic rings. The summed E-state index contributed by atoms with van der Waals surface area (Å²) in [6.07, 6.45) is 1.15. The monoisotopic (exact) mass is 291 g/mol. The van der Waals surface area contributed by atoms with Crippen LogP contribution in [0.5, 0.6) is 0 Å². The molecule has 0 bridgehead atoms. The van der Waals surface area contributed by atoms with Crippen LogP contribution in [0, 0.1) is 5.92 Å². The Morgan fingerprint density at radius 2 is 2.20 bits per heavy atom. The SMILES string of the molecule is CC1CCN(C(C)C(=O)Nc2ccccc2C(N)=S)C1. The predicted octanol–water partition coefficient (Wildman–Crippen LogP) is 1.99. The maximum atomic E-state index is 12.3. The van der Waals surface area contributed by atoms with Gasteiger partial charge in [-0.05, 0) is 37.9 Å². The molecule has 5 heteroatoms. The van der Waals surface area contributed by atoms with Gasteiger partial charge in [-0.2, -0.15) is 0 Å². The van der Waals surface area contributed by atoms with Gasteiger partial charge in [0.15, 0.2) is 0 Å². The summed E-state index contributed by atoms with van der Waals surface area (Å²) in [5, 5.41) is 2.94. The molecule has 1 heterocycles. The minimum Gasteiger partial charge on any atom is -0.389 e. The van der Waals surface area contributed by atoms with Crippen LogP contribution < -0.4 is 11.1 Å². The van der Waals surface area contributed by atoms with E-state index in [1.807, 2.05) is 31.2 Å². The Hall–Kier alpha value is -1.46. The minimum absolute atomic E-state index is 0.0113. The number of hydrogen-bond donors (Lipinski definition) is 2. The maximum absolute atomic E-state index is 12.3. The number of para-hydroxylation sites is 1. The zero-order valence-corrected chi connectivity index (χ0v) is 12.7. The van der Waals surface area contributed by atoms with Crippen LogP contribution >= 0.6 is 12.2 Å². The fraction of sp³-hybridized carbons (Fsp3) is 0.467. The van der Waals surface area contributed by atoms with Gasteiger partial charge in [0.2, 0.25) is 5.91 Å². The highest BCUT2D eigenvalue weighted by molar-refractivity contribution is 7.80. The summed E-state index contributed by atoms with van der Waals surface area (Å²) >= 11 is 5.01. The van der Waals surface area contributed by atoms with Crippen molar-refractivity contribution < 1.29 is 4.79 Å². The van der Waals surface area contributed by atoms with Gasteiger partial charge in [-0.3, -0.25) is 9.69 Å². The lowest BCUT2D eigenvalue weighted by Crippen LogP contribution is -2.40. The topological polar surface area (TPSA) is 58.4 Å². The van der Waals surface area contributed by atoms with Crippen LogP contribution in [0.25, 0.3) is 0 Å². The Labute approximate surface area is 125 Å². The van der Waals surface area contributed by atoms with Crippen LogP contribution in [0.4, 0.5) is 5.69 Å². The van der Waals surface area contributed by atoms with Gasteiger partial charge in [-0.15, -0.1) is 0 Å². The summed E-state index contributed by atoms with van der Waals surface area (Å²) < 4.78 is 0. The molecule has 4 nitrogen and oxygen atoms in total. The number of thiocarbonyl (C=S) groups is 1. The number of anilines is 1. The number of nitrogens with one attached hydrogen (secondary N) is 1. The second-order valence-corrected chi connectivity index (χ2v) is 5.90. The summed E-state index contributed by atoms with van der Waals surface area (Å²) in [5.41, 5.74) is 7.07. The van der Waals surface area contributed by atoms with Crippen molar-refractivity contribution in [1.82, 2.24) is 4.90 Å². The first-order valence-corrected chi connectivity index (χ1v) is 7.33. The van der Waals surface area contributed by atoms with E-state index in [0.717, 1.165) is 19.5 Å². The zero-order chi connectivity index (χ0) is 14.7. The number of hydrogen-bond acceptors (Lipinski definition) is 3. The van der Waals surface area contributed by atoms with Gasteiger partial charge >= 0.3 is 0 Å². The lowest BCUT2D eigenvalue weighted by Gasteiger charge is -2.23. The summed E-state index contributed by atoms with van der Waals surface area (Å²) in [6, 6.07) is 7.22. The first-order chi connectivity index (χ1) is 9.49. The van der Waals surface area contributed by atoms with Gasteiger partial charge in [0.05, 0.1) is 11.7 Å². The molecule has 1 aromatic rings. The molecule has 1 fully saturated rings. The highest BCUT2D eigenvalue weighted by Gasteiger charge is 2.27. The quantitative estimate of drug-likeness (QED) is 0.833. The van der Waals surface area contributed by atoms with Crippen LogP contribution in [0.2, 0.25) is 0 Å². The second-order valence-electron chi connectivity index (χ2n) is 5.46. The highest BCUT2D eigenvalue weighted by atomic mass is 32.1. The first-order valence-electron chi connectivity index (χ1n) is 6.92. The lowest BCUT2D eigenvalue weighted by molar-refractivity contribution is -0.120. The average molecular weight is 291 g/mol. The van der Waals surface area contributed by atoms with E-state index in [2.05, 4.69) is 17.1 Å². The number of amides is 1. The molecule has 0 saturated carbocycles. The van der Waals surface area contributed by atoms with Crippen LogP contribution in [0.15, 0.2) is 24.3 Å². The van der Waals surface area contributed by atoms with Crippen molar-refractivity contribution in [3.63, 3.8) is 0 Å². The molecule has 0 spiro atoms. The van der Waals surface area contributed by atoms with Crippen molar-refractivity contribution in [3.8, 4) is 0 Å². The number of carbonyl (C=O) groups is 1. The highest BCUT2D eigenvalue weighted by Crippen LogP contribution is 2.20. The molecule has 1 amide bonds. The molecule has 0 aliphatic carbocycles. The smallest absolute Gasteiger partial charge is 0.241 e. The summed E-state index contributed by atoms with van der Waals surface area (Å²) in [5.74, 6) is 0.650. The van der Waals surface area contributed by atoms with Gasteiger partial charge in [0.1, 0.15) is 4.99 Å². The van der Waals surface area contributed by atoms with Crippen LogP contribution in [0.3, 0.4) is 0 Å². The second kappa shape index (κ2) is 6.33. The third-order valence-corrected chi connectivity index (χ3v) is 4.05. The maximum Gasteiger partial charge on any atom is 0.241 e. The minimum atomic E-state index is -0.139. The van der Waals surface area contributed by atoms with Crippen molar-refractivity contribution in [3.05, 3.63) is 29.8 Å². The van der Waals surface area contributed by atoms with E-state index in [1.165, 1.54) is 0 Å². The largest absolute Gasteiger partial charge is 0.389 e. The number of carbonyl (C=O) groups excluding carboxylic acids is 1. The molecule has 108 valence electrons. The molecule has 1 aliphatic heterocycles. The van der Waals surface area contributed by atoms with Crippen LogP contribution in [0.1, 0.15) is 25.8 Å². The number of rotatable bonds is 4. The van der Waals surface area contributed by atoms with Crippen LogP contribution in [-0.2, 0) is 4.79 Å². The molecule has 0 aromatic heterocycles. The van der Waals surface area contributed by atoms with Crippen LogP contribution in [-0.4, -0.2) is 34.9 Å². The number of benzene rings is 1. The Bertz CT molecular complexity index is 518. The summed E-state index contributed by atoms with van der Waals surface area (Å²) in [4.78, 5) is 14.9. The molecule has 2 rings (SSSR count). The van der Waals surface area contributed by atoms with Crippen molar-refractivity contribution in [1.29, 1.82) is 0 Å². The van der Waals surface area contributed by atoms with Gasteiger partial charge in [-0.1, -0.05) is 31.3 Å². The zero-order valence-electron chi connectivity index (χ0n) is 11.9. The molecule has 2 unspecified atom stereocenters. The Balaban J connectivity index is 2.06. The van der Waals surface area contributed by atoms with Gasteiger partial charge < -0.3 is 11.1 Å². The molecule has 1 aromatic carbocycles. The van der Waals surface area contributed by atoms with Gasteiger partial charge in [0, 0.05) is 12.1 Å². The standard InChI is InChI=1S/C15H21N3OS/c1-10-7-8-18(9-10)11(2)15(19)17-13-6-4-3-5-12(13)14(16)20/h3-6,10-11H,7-9H2,1-2H3,(H2,16,20)(H,17,19). The van der Waals surface area contributed by atoms with E-state index in [-0.39, 0.29) is 11.9 Å². The third-order valence-electron chi connectivity index (χ3n) is 3.83. The first kappa shape index (κ1) is 14.9. The predicted molar refractivity (Wildman–Crippen MR) is 85.8 cm³/mol. The van der Waals surface area contributed by atoms with Crippen molar-refractivity contribution >= 4 is 28.8 Å². The normalized spacial score (nSPS) is 20.6. The fourth-order valence-corrected chi connectivity index (χ4v) is 2.71. The number of likely N-dealkylation sites (tertiary alicyclic amines) is 1. The van der Waals surface area contributed by atoms with E-state index in [9.17, 15) is 4.79 Å². The number of nitrogens with two attached hydrogens (primary N) is 1. The van der Waals surface area contributed by atoms with Gasteiger partial charge in [-0.25, -0.2) is 0 Å². The van der Waals surface area contributed by atoms with Crippen molar-refractivity contribution in [2.75, 3.05) is 18.4 Å². The Morgan fingerprint density at radius 1 is 1.50 bits per heavy atom. The lowest BCUT2D eigenvalue weighted by atomic mass is 10.1. The summed E-state index contributed by atoms with van der Waals surface area (Å²) in [6.45, 7) is 6.11. The molecule has 2 atom stereocenters.